The van der Waals surface area contributed by atoms with Gasteiger partial charge in [0.15, 0.2) is 0 Å². The maximum absolute atomic E-state index is 12.4. The summed E-state index contributed by atoms with van der Waals surface area (Å²) in [7, 11) is 0. The van der Waals surface area contributed by atoms with E-state index in [0.717, 1.165) is 5.56 Å². The first-order valence-electron chi connectivity index (χ1n) is 7.31. The molecule has 3 rings (SSSR count). The van der Waals surface area contributed by atoms with E-state index in [1.807, 2.05) is 18.2 Å². The van der Waals surface area contributed by atoms with E-state index >= 15 is 0 Å². The number of aliphatic hydroxyl groups is 1. The molecule has 0 unspecified atom stereocenters. The summed E-state index contributed by atoms with van der Waals surface area (Å²) < 4.78 is 5.71. The number of benzene rings is 1. The number of β-amino-alcohol motifs (C(OH)–C–C–N with tert-alkyl or cyclic N) is 1. The van der Waals surface area contributed by atoms with Gasteiger partial charge >= 0.3 is 0 Å². The van der Waals surface area contributed by atoms with Gasteiger partial charge in [-0.25, -0.2) is 0 Å². The highest BCUT2D eigenvalue weighted by Crippen LogP contribution is 2.19. The van der Waals surface area contributed by atoms with Crippen molar-refractivity contribution in [2.45, 2.75) is 19.1 Å². The number of likely N-dealkylation sites (tertiary alicyclic amines) is 1. The fourth-order valence-electron chi connectivity index (χ4n) is 2.48. The molecule has 1 fully saturated rings. The molecule has 5 nitrogen and oxygen atoms in total. The number of aromatic nitrogens is 1. The van der Waals surface area contributed by atoms with E-state index in [-0.39, 0.29) is 5.91 Å². The largest absolute Gasteiger partial charge is 0.489 e. The monoisotopic (exact) mass is 298 g/mol. The van der Waals surface area contributed by atoms with Crippen LogP contribution in [0.4, 0.5) is 0 Å². The molecule has 0 spiro atoms. The normalized spacial score (nSPS) is 17.5. The van der Waals surface area contributed by atoms with E-state index in [1.54, 1.807) is 35.5 Å². The second kappa shape index (κ2) is 6.58. The van der Waals surface area contributed by atoms with Crippen LogP contribution in [0.3, 0.4) is 0 Å². The van der Waals surface area contributed by atoms with Crippen LogP contribution in [0.5, 0.6) is 5.75 Å². The standard InChI is InChI=1S/C17H18N2O3/c20-15-6-8-19(11-15)17(21)14-4-1-5-16(9-14)22-12-13-3-2-7-18-10-13/h1-5,7,9-10,15,20H,6,8,11-12H2/t15-/m1/s1. The summed E-state index contributed by atoms with van der Waals surface area (Å²) in [5, 5.41) is 9.54. The molecule has 1 aromatic carbocycles. The van der Waals surface area contributed by atoms with E-state index < -0.39 is 6.10 Å². The predicted octanol–water partition coefficient (Wildman–Crippen LogP) is 1.87. The zero-order valence-electron chi connectivity index (χ0n) is 12.2. The Labute approximate surface area is 129 Å². The van der Waals surface area contributed by atoms with Crippen LogP contribution in [-0.4, -0.2) is 40.1 Å². The van der Waals surface area contributed by atoms with Gasteiger partial charge in [0.1, 0.15) is 12.4 Å². The van der Waals surface area contributed by atoms with E-state index in [2.05, 4.69) is 4.98 Å². The third kappa shape index (κ3) is 3.43. The van der Waals surface area contributed by atoms with Crippen molar-refractivity contribution in [2.24, 2.45) is 0 Å². The molecule has 114 valence electrons. The molecule has 1 aliphatic heterocycles. The Kier molecular flexibility index (Phi) is 4.34. The van der Waals surface area contributed by atoms with Gasteiger partial charge in [-0.05, 0) is 30.7 Å². The maximum Gasteiger partial charge on any atom is 0.254 e. The average Bonchev–Trinajstić information content (AvgIpc) is 3.00. The van der Waals surface area contributed by atoms with Gasteiger partial charge in [-0.2, -0.15) is 0 Å². The van der Waals surface area contributed by atoms with Crippen LogP contribution in [0.25, 0.3) is 0 Å². The van der Waals surface area contributed by atoms with Crippen LogP contribution >= 0.6 is 0 Å². The van der Waals surface area contributed by atoms with Crippen molar-refractivity contribution in [1.82, 2.24) is 9.88 Å². The molecule has 0 saturated carbocycles. The maximum atomic E-state index is 12.4. The summed E-state index contributed by atoms with van der Waals surface area (Å²) in [5.41, 5.74) is 1.56. The van der Waals surface area contributed by atoms with Crippen LogP contribution < -0.4 is 4.74 Å². The lowest BCUT2D eigenvalue weighted by atomic mass is 10.2. The Morgan fingerprint density at radius 2 is 2.27 bits per heavy atom. The van der Waals surface area contributed by atoms with Crippen LogP contribution in [0, 0.1) is 0 Å². The zero-order valence-corrected chi connectivity index (χ0v) is 12.2. The molecule has 1 saturated heterocycles. The molecule has 1 aromatic heterocycles. The third-order valence-electron chi connectivity index (χ3n) is 3.66. The molecular formula is C17H18N2O3. The second-order valence-corrected chi connectivity index (χ2v) is 5.37. The Bertz CT molecular complexity index is 645. The number of carbonyl (C=O) groups excluding carboxylic acids is 1. The van der Waals surface area contributed by atoms with Crippen LogP contribution in [0.15, 0.2) is 48.8 Å². The van der Waals surface area contributed by atoms with Gasteiger partial charge in [0.25, 0.3) is 5.91 Å². The summed E-state index contributed by atoms with van der Waals surface area (Å²) in [5.74, 6) is 0.581. The van der Waals surface area contributed by atoms with Gasteiger partial charge in [-0.15, -0.1) is 0 Å². The molecule has 0 aliphatic carbocycles. The molecular weight excluding hydrogens is 280 g/mol. The second-order valence-electron chi connectivity index (χ2n) is 5.37. The Morgan fingerprint density at radius 3 is 3.00 bits per heavy atom. The summed E-state index contributed by atoms with van der Waals surface area (Å²) in [6, 6.07) is 10.9. The molecule has 1 aliphatic rings. The first-order valence-corrected chi connectivity index (χ1v) is 7.31. The minimum absolute atomic E-state index is 0.0663. The highest BCUT2D eigenvalue weighted by molar-refractivity contribution is 5.94. The van der Waals surface area contributed by atoms with Crippen molar-refractivity contribution in [2.75, 3.05) is 13.1 Å². The topological polar surface area (TPSA) is 62.7 Å². The quantitative estimate of drug-likeness (QED) is 0.936. The van der Waals surface area contributed by atoms with Crippen molar-refractivity contribution in [3.8, 4) is 5.75 Å². The van der Waals surface area contributed by atoms with Crippen LogP contribution in [0.1, 0.15) is 22.3 Å². The summed E-state index contributed by atoms with van der Waals surface area (Å²) in [4.78, 5) is 18.1. The van der Waals surface area contributed by atoms with Gasteiger partial charge in [0.05, 0.1) is 6.10 Å². The van der Waals surface area contributed by atoms with Crippen LogP contribution in [-0.2, 0) is 6.61 Å². The molecule has 2 heterocycles. The van der Waals surface area contributed by atoms with Crippen molar-refractivity contribution >= 4 is 5.91 Å². The summed E-state index contributed by atoms with van der Waals surface area (Å²) in [6.45, 7) is 1.41. The predicted molar refractivity (Wildman–Crippen MR) is 81.5 cm³/mol. The minimum Gasteiger partial charge on any atom is -0.489 e. The molecule has 2 aromatic rings. The molecule has 1 N–H and O–H groups in total. The lowest BCUT2D eigenvalue weighted by molar-refractivity contribution is 0.0764. The Balaban J connectivity index is 1.66. The fourth-order valence-corrected chi connectivity index (χ4v) is 2.48. The first kappa shape index (κ1) is 14.5. The zero-order chi connectivity index (χ0) is 15.4. The molecule has 1 amide bonds. The number of hydrogen-bond acceptors (Lipinski definition) is 4. The van der Waals surface area contributed by atoms with Crippen molar-refractivity contribution in [3.63, 3.8) is 0 Å². The van der Waals surface area contributed by atoms with E-state index in [0.29, 0.717) is 37.4 Å². The van der Waals surface area contributed by atoms with Gasteiger partial charge in [-0.3, -0.25) is 9.78 Å². The molecule has 22 heavy (non-hydrogen) atoms. The molecule has 5 heteroatoms. The number of ether oxygens (including phenoxy) is 1. The smallest absolute Gasteiger partial charge is 0.254 e. The highest BCUT2D eigenvalue weighted by atomic mass is 16.5. The summed E-state index contributed by atoms with van der Waals surface area (Å²) in [6.07, 6.45) is 3.70. The van der Waals surface area contributed by atoms with Gasteiger partial charge in [0.2, 0.25) is 0 Å². The fraction of sp³-hybridized carbons (Fsp3) is 0.294. The molecule has 1 atom stereocenters. The number of hydrogen-bond donors (Lipinski definition) is 1. The number of rotatable bonds is 4. The van der Waals surface area contributed by atoms with Crippen molar-refractivity contribution in [3.05, 3.63) is 59.9 Å². The van der Waals surface area contributed by atoms with Crippen molar-refractivity contribution < 1.29 is 14.6 Å². The number of carbonyl (C=O) groups is 1. The molecule has 0 bridgehead atoms. The summed E-state index contributed by atoms with van der Waals surface area (Å²) >= 11 is 0. The highest BCUT2D eigenvalue weighted by Gasteiger charge is 2.25. The van der Waals surface area contributed by atoms with Gasteiger partial charge in [-0.1, -0.05) is 12.1 Å². The average molecular weight is 298 g/mol. The number of aliphatic hydroxyl groups excluding tert-OH is 1. The number of pyridine rings is 1. The number of nitrogens with zero attached hydrogens (tertiary/aromatic N) is 2. The van der Waals surface area contributed by atoms with E-state index in [4.69, 9.17) is 4.74 Å². The van der Waals surface area contributed by atoms with E-state index in [9.17, 15) is 9.90 Å². The SMILES string of the molecule is O=C(c1cccc(OCc2cccnc2)c1)N1CC[C@@H](O)C1. The van der Waals surface area contributed by atoms with E-state index in [1.165, 1.54) is 0 Å². The van der Waals surface area contributed by atoms with Gasteiger partial charge < -0.3 is 14.7 Å². The first-order chi connectivity index (χ1) is 10.7. The van der Waals surface area contributed by atoms with Crippen LogP contribution in [0.2, 0.25) is 0 Å². The van der Waals surface area contributed by atoms with Gasteiger partial charge in [0, 0.05) is 36.6 Å². The number of amides is 1. The third-order valence-corrected chi connectivity index (χ3v) is 3.66. The lowest BCUT2D eigenvalue weighted by Gasteiger charge is -2.16. The molecule has 0 radical (unpaired) electrons. The lowest BCUT2D eigenvalue weighted by Crippen LogP contribution is -2.29. The Morgan fingerprint density at radius 1 is 1.36 bits per heavy atom. The Hall–Kier alpha value is -2.40. The van der Waals surface area contributed by atoms with Crippen molar-refractivity contribution in [1.29, 1.82) is 0 Å². The minimum atomic E-state index is -0.408.